The molecule has 0 spiro atoms. The first-order valence-corrected chi connectivity index (χ1v) is 6.50. The van der Waals surface area contributed by atoms with Gasteiger partial charge in [0.25, 0.3) is 5.91 Å². The Morgan fingerprint density at radius 1 is 1.47 bits per heavy atom. The first-order chi connectivity index (χ1) is 9.06. The molecule has 0 saturated carbocycles. The Hall–Kier alpha value is -1.62. The van der Waals surface area contributed by atoms with Crippen LogP contribution >= 0.6 is 0 Å². The number of benzene rings is 1. The number of hydrogen-bond donors (Lipinski definition) is 2. The summed E-state index contributed by atoms with van der Waals surface area (Å²) < 4.78 is 18.8. The molecule has 1 rings (SSSR count). The van der Waals surface area contributed by atoms with Gasteiger partial charge in [0.15, 0.2) is 6.10 Å². The van der Waals surface area contributed by atoms with Crippen LogP contribution < -0.4 is 15.8 Å². The van der Waals surface area contributed by atoms with Gasteiger partial charge in [-0.3, -0.25) is 4.79 Å². The van der Waals surface area contributed by atoms with Gasteiger partial charge in [0.2, 0.25) is 0 Å². The minimum Gasteiger partial charge on any atom is -0.481 e. The molecule has 19 heavy (non-hydrogen) atoms. The topological polar surface area (TPSA) is 64.3 Å². The maximum Gasteiger partial charge on any atom is 0.260 e. The second-order valence-corrected chi connectivity index (χ2v) is 4.38. The van der Waals surface area contributed by atoms with Crippen molar-refractivity contribution in [1.29, 1.82) is 0 Å². The lowest BCUT2D eigenvalue weighted by Gasteiger charge is -2.15. The molecule has 1 amide bonds. The average Bonchev–Trinajstić information content (AvgIpc) is 2.35. The summed E-state index contributed by atoms with van der Waals surface area (Å²) in [5, 5.41) is 2.73. The number of carbonyl (C=O) groups is 1. The highest BCUT2D eigenvalue weighted by Crippen LogP contribution is 2.18. The highest BCUT2D eigenvalue weighted by atomic mass is 19.1. The molecule has 0 fully saturated rings. The molecular weight excluding hydrogens is 247 g/mol. The molecule has 0 aromatic heterocycles. The molecule has 0 radical (unpaired) electrons. The molecule has 4 nitrogen and oxygen atoms in total. The number of rotatable bonds is 7. The maximum absolute atomic E-state index is 13.4. The van der Waals surface area contributed by atoms with Gasteiger partial charge in [-0.25, -0.2) is 4.39 Å². The van der Waals surface area contributed by atoms with E-state index in [-0.39, 0.29) is 11.7 Å². The number of nitrogens with two attached hydrogens (primary N) is 1. The van der Waals surface area contributed by atoms with Crippen LogP contribution in [0, 0.1) is 5.82 Å². The highest BCUT2D eigenvalue weighted by Gasteiger charge is 2.14. The molecule has 1 atom stereocenters. The van der Waals surface area contributed by atoms with Gasteiger partial charge in [-0.05, 0) is 44.0 Å². The second-order valence-electron chi connectivity index (χ2n) is 4.38. The van der Waals surface area contributed by atoms with Crippen LogP contribution in [0.25, 0.3) is 0 Å². The van der Waals surface area contributed by atoms with Crippen molar-refractivity contribution in [2.75, 3.05) is 13.1 Å². The van der Waals surface area contributed by atoms with E-state index in [0.29, 0.717) is 25.3 Å². The van der Waals surface area contributed by atoms with Crippen molar-refractivity contribution in [3.8, 4) is 5.75 Å². The number of amides is 1. The molecule has 0 heterocycles. The third-order valence-corrected chi connectivity index (χ3v) is 2.60. The van der Waals surface area contributed by atoms with Gasteiger partial charge in [-0.1, -0.05) is 6.92 Å². The molecule has 106 valence electrons. The SMILES string of the molecule is CCCNC(=O)C(C)Oc1cc(F)cc(CCN)c1. The molecule has 0 aliphatic carbocycles. The summed E-state index contributed by atoms with van der Waals surface area (Å²) in [5.41, 5.74) is 6.20. The Morgan fingerprint density at radius 2 is 2.21 bits per heavy atom. The summed E-state index contributed by atoms with van der Waals surface area (Å²) >= 11 is 0. The van der Waals surface area contributed by atoms with Gasteiger partial charge < -0.3 is 15.8 Å². The van der Waals surface area contributed by atoms with Gasteiger partial charge in [0.05, 0.1) is 0 Å². The molecule has 5 heteroatoms. The molecule has 1 aromatic carbocycles. The number of hydrogen-bond acceptors (Lipinski definition) is 3. The number of halogens is 1. The predicted octanol–water partition coefficient (Wildman–Crippen LogP) is 1.62. The number of nitrogens with one attached hydrogen (secondary N) is 1. The molecule has 0 aliphatic heterocycles. The molecule has 3 N–H and O–H groups in total. The third-order valence-electron chi connectivity index (χ3n) is 2.60. The Bertz CT molecular complexity index is 424. The highest BCUT2D eigenvalue weighted by molar-refractivity contribution is 5.80. The summed E-state index contributed by atoms with van der Waals surface area (Å²) in [6.45, 7) is 4.65. The van der Waals surface area contributed by atoms with Gasteiger partial charge in [-0.15, -0.1) is 0 Å². The Kier molecular flexibility index (Phi) is 6.29. The average molecular weight is 268 g/mol. The number of ether oxygens (including phenoxy) is 1. The standard InChI is InChI=1S/C14H21FN2O2/c1-3-6-17-14(18)10(2)19-13-8-11(4-5-16)7-12(15)9-13/h7-10H,3-6,16H2,1-2H3,(H,17,18). The van der Waals surface area contributed by atoms with E-state index in [9.17, 15) is 9.18 Å². The van der Waals surface area contributed by atoms with E-state index in [4.69, 9.17) is 10.5 Å². The van der Waals surface area contributed by atoms with Crippen LogP contribution in [0.3, 0.4) is 0 Å². The molecular formula is C14H21FN2O2. The van der Waals surface area contributed by atoms with Gasteiger partial charge >= 0.3 is 0 Å². The lowest BCUT2D eigenvalue weighted by Crippen LogP contribution is -2.36. The van der Waals surface area contributed by atoms with Crippen LogP contribution in [-0.2, 0) is 11.2 Å². The molecule has 1 aromatic rings. The fourth-order valence-electron chi connectivity index (χ4n) is 1.65. The van der Waals surface area contributed by atoms with Crippen molar-refractivity contribution in [3.05, 3.63) is 29.6 Å². The fraction of sp³-hybridized carbons (Fsp3) is 0.500. The molecule has 0 saturated heterocycles. The largest absolute Gasteiger partial charge is 0.481 e. The zero-order valence-corrected chi connectivity index (χ0v) is 11.4. The van der Waals surface area contributed by atoms with E-state index >= 15 is 0 Å². The van der Waals surface area contributed by atoms with E-state index in [1.165, 1.54) is 12.1 Å². The smallest absolute Gasteiger partial charge is 0.260 e. The van der Waals surface area contributed by atoms with Crippen LogP contribution in [-0.4, -0.2) is 25.1 Å². The van der Waals surface area contributed by atoms with Gasteiger partial charge in [-0.2, -0.15) is 0 Å². The van der Waals surface area contributed by atoms with Crippen LogP contribution in [0.4, 0.5) is 4.39 Å². The van der Waals surface area contributed by atoms with E-state index in [0.717, 1.165) is 12.0 Å². The summed E-state index contributed by atoms with van der Waals surface area (Å²) in [5.74, 6) is -0.240. The predicted molar refractivity (Wildman–Crippen MR) is 72.5 cm³/mol. The van der Waals surface area contributed by atoms with Crippen molar-refractivity contribution in [3.63, 3.8) is 0 Å². The van der Waals surface area contributed by atoms with E-state index in [1.54, 1.807) is 13.0 Å². The van der Waals surface area contributed by atoms with Crippen molar-refractivity contribution in [2.45, 2.75) is 32.8 Å². The van der Waals surface area contributed by atoms with Crippen LogP contribution in [0.2, 0.25) is 0 Å². The Morgan fingerprint density at radius 3 is 2.84 bits per heavy atom. The quantitative estimate of drug-likeness (QED) is 0.790. The lowest BCUT2D eigenvalue weighted by atomic mass is 10.1. The van der Waals surface area contributed by atoms with Crippen molar-refractivity contribution in [1.82, 2.24) is 5.32 Å². The summed E-state index contributed by atoms with van der Waals surface area (Å²) in [6, 6.07) is 4.39. The zero-order valence-electron chi connectivity index (χ0n) is 11.4. The van der Waals surface area contributed by atoms with Gasteiger partial charge in [0.1, 0.15) is 11.6 Å². The molecule has 1 unspecified atom stereocenters. The minimum absolute atomic E-state index is 0.202. The summed E-state index contributed by atoms with van der Waals surface area (Å²) in [7, 11) is 0. The minimum atomic E-state index is -0.654. The molecule has 0 bridgehead atoms. The van der Waals surface area contributed by atoms with Crippen LogP contribution in [0.15, 0.2) is 18.2 Å². The van der Waals surface area contributed by atoms with Gasteiger partial charge in [0, 0.05) is 12.6 Å². The van der Waals surface area contributed by atoms with Crippen LogP contribution in [0.5, 0.6) is 5.75 Å². The van der Waals surface area contributed by atoms with E-state index in [1.807, 2.05) is 6.92 Å². The third kappa shape index (κ3) is 5.26. The van der Waals surface area contributed by atoms with Crippen LogP contribution in [0.1, 0.15) is 25.8 Å². The van der Waals surface area contributed by atoms with Crippen molar-refractivity contribution in [2.24, 2.45) is 5.73 Å². The van der Waals surface area contributed by atoms with Crippen molar-refractivity contribution < 1.29 is 13.9 Å². The first kappa shape index (κ1) is 15.4. The lowest BCUT2D eigenvalue weighted by molar-refractivity contribution is -0.127. The normalized spacial score (nSPS) is 12.0. The van der Waals surface area contributed by atoms with E-state index < -0.39 is 6.10 Å². The Labute approximate surface area is 113 Å². The summed E-state index contributed by atoms with van der Waals surface area (Å²) in [4.78, 5) is 11.7. The second kappa shape index (κ2) is 7.74. The first-order valence-electron chi connectivity index (χ1n) is 6.50. The summed E-state index contributed by atoms with van der Waals surface area (Å²) in [6.07, 6.45) is 0.780. The number of carbonyl (C=O) groups excluding carboxylic acids is 1. The van der Waals surface area contributed by atoms with E-state index in [2.05, 4.69) is 5.32 Å². The monoisotopic (exact) mass is 268 g/mol. The molecule has 0 aliphatic rings. The van der Waals surface area contributed by atoms with Crippen molar-refractivity contribution >= 4 is 5.91 Å². The fourth-order valence-corrected chi connectivity index (χ4v) is 1.65. The maximum atomic E-state index is 13.4. The Balaban J connectivity index is 2.67. The zero-order chi connectivity index (χ0) is 14.3.